The van der Waals surface area contributed by atoms with E-state index in [1.54, 1.807) is 0 Å². The van der Waals surface area contributed by atoms with Crippen molar-refractivity contribution in [3.8, 4) is 0 Å². The standard InChI is InChI=1S/C14H20F2N2O/c1-14(2,3)18-13(19)10(8-17)4-9-5-11(15)7-12(16)6-9/h5-7,10H,4,8,17H2,1-3H3,(H,18,19). The first-order valence-electron chi connectivity index (χ1n) is 6.18. The van der Waals surface area contributed by atoms with Gasteiger partial charge in [0.05, 0.1) is 5.92 Å². The maximum Gasteiger partial charge on any atom is 0.225 e. The minimum Gasteiger partial charge on any atom is -0.351 e. The molecule has 0 saturated carbocycles. The first kappa shape index (κ1) is 15.6. The summed E-state index contributed by atoms with van der Waals surface area (Å²) in [4.78, 5) is 12.0. The molecule has 19 heavy (non-hydrogen) atoms. The van der Waals surface area contributed by atoms with Gasteiger partial charge < -0.3 is 11.1 Å². The molecule has 0 aliphatic carbocycles. The van der Waals surface area contributed by atoms with Gasteiger partial charge in [-0.05, 0) is 44.9 Å². The van der Waals surface area contributed by atoms with Crippen LogP contribution in [0.25, 0.3) is 0 Å². The zero-order valence-electron chi connectivity index (χ0n) is 11.5. The molecule has 1 unspecified atom stereocenters. The molecule has 0 radical (unpaired) electrons. The van der Waals surface area contributed by atoms with E-state index in [0.29, 0.717) is 5.56 Å². The van der Waals surface area contributed by atoms with Gasteiger partial charge in [0.1, 0.15) is 11.6 Å². The third-order valence-corrected chi connectivity index (χ3v) is 2.56. The van der Waals surface area contributed by atoms with Crippen molar-refractivity contribution in [2.75, 3.05) is 6.54 Å². The van der Waals surface area contributed by atoms with Gasteiger partial charge in [0.15, 0.2) is 0 Å². The largest absolute Gasteiger partial charge is 0.351 e. The van der Waals surface area contributed by atoms with Gasteiger partial charge in [-0.2, -0.15) is 0 Å². The number of rotatable bonds is 4. The number of hydrogen-bond acceptors (Lipinski definition) is 2. The number of hydrogen-bond donors (Lipinski definition) is 2. The Balaban J connectivity index is 2.79. The van der Waals surface area contributed by atoms with Crippen molar-refractivity contribution in [1.82, 2.24) is 5.32 Å². The lowest BCUT2D eigenvalue weighted by molar-refractivity contribution is -0.126. The van der Waals surface area contributed by atoms with Crippen molar-refractivity contribution in [3.63, 3.8) is 0 Å². The van der Waals surface area contributed by atoms with Crippen LogP contribution in [0.4, 0.5) is 8.78 Å². The smallest absolute Gasteiger partial charge is 0.225 e. The average Bonchev–Trinajstić information content (AvgIpc) is 2.21. The molecule has 1 aromatic carbocycles. The number of nitrogens with one attached hydrogen (secondary N) is 1. The molecule has 106 valence electrons. The predicted molar refractivity (Wildman–Crippen MR) is 70.5 cm³/mol. The van der Waals surface area contributed by atoms with Crippen molar-refractivity contribution in [3.05, 3.63) is 35.4 Å². The summed E-state index contributed by atoms with van der Waals surface area (Å²) in [5.41, 5.74) is 5.63. The molecular formula is C14H20F2N2O. The fourth-order valence-corrected chi connectivity index (χ4v) is 1.77. The summed E-state index contributed by atoms with van der Waals surface area (Å²) in [5.74, 6) is -2.01. The predicted octanol–water partition coefficient (Wildman–Crippen LogP) is 2.00. The van der Waals surface area contributed by atoms with Crippen LogP contribution in [-0.2, 0) is 11.2 Å². The van der Waals surface area contributed by atoms with Crippen molar-refractivity contribution in [2.24, 2.45) is 11.7 Å². The molecule has 0 aliphatic rings. The van der Waals surface area contributed by atoms with E-state index in [0.717, 1.165) is 6.07 Å². The van der Waals surface area contributed by atoms with Gasteiger partial charge >= 0.3 is 0 Å². The van der Waals surface area contributed by atoms with Crippen LogP contribution in [-0.4, -0.2) is 18.0 Å². The number of nitrogens with two attached hydrogens (primary N) is 1. The van der Waals surface area contributed by atoms with E-state index in [1.807, 2.05) is 20.8 Å². The molecule has 3 N–H and O–H groups in total. The first-order chi connectivity index (χ1) is 8.71. The summed E-state index contributed by atoms with van der Waals surface area (Å²) in [6.07, 6.45) is 0.215. The topological polar surface area (TPSA) is 55.1 Å². The van der Waals surface area contributed by atoms with Crippen LogP contribution in [0.1, 0.15) is 26.3 Å². The maximum atomic E-state index is 13.1. The Kier molecular flexibility index (Phi) is 5.00. The second kappa shape index (κ2) is 6.10. The number of carbonyl (C=O) groups is 1. The summed E-state index contributed by atoms with van der Waals surface area (Å²) in [6, 6.07) is 3.24. The Morgan fingerprint density at radius 2 is 1.79 bits per heavy atom. The van der Waals surface area contributed by atoms with Gasteiger partial charge in [0.25, 0.3) is 0 Å². The van der Waals surface area contributed by atoms with Gasteiger partial charge in [-0.1, -0.05) is 0 Å². The highest BCUT2D eigenvalue weighted by Crippen LogP contribution is 2.14. The number of benzene rings is 1. The Morgan fingerprint density at radius 1 is 1.26 bits per heavy atom. The van der Waals surface area contributed by atoms with E-state index in [-0.39, 0.29) is 24.4 Å². The van der Waals surface area contributed by atoms with Crippen LogP contribution in [0.5, 0.6) is 0 Å². The number of carbonyl (C=O) groups excluding carboxylic acids is 1. The van der Waals surface area contributed by atoms with Crippen LogP contribution in [0.2, 0.25) is 0 Å². The molecule has 1 amide bonds. The molecule has 3 nitrogen and oxygen atoms in total. The van der Waals surface area contributed by atoms with Crippen LogP contribution in [0.3, 0.4) is 0 Å². The Morgan fingerprint density at radius 3 is 2.21 bits per heavy atom. The second-order valence-electron chi connectivity index (χ2n) is 5.65. The van der Waals surface area contributed by atoms with Crippen LogP contribution >= 0.6 is 0 Å². The molecule has 0 spiro atoms. The molecule has 0 bridgehead atoms. The zero-order valence-corrected chi connectivity index (χ0v) is 11.5. The van der Waals surface area contributed by atoms with Crippen molar-refractivity contribution in [2.45, 2.75) is 32.7 Å². The van der Waals surface area contributed by atoms with E-state index in [9.17, 15) is 13.6 Å². The number of halogens is 2. The van der Waals surface area contributed by atoms with Crippen molar-refractivity contribution >= 4 is 5.91 Å². The van der Waals surface area contributed by atoms with Gasteiger partial charge in [0.2, 0.25) is 5.91 Å². The minimum atomic E-state index is -0.651. The molecule has 0 fully saturated rings. The van der Waals surface area contributed by atoms with E-state index in [4.69, 9.17) is 5.73 Å². The monoisotopic (exact) mass is 270 g/mol. The SMILES string of the molecule is CC(C)(C)NC(=O)C(CN)Cc1cc(F)cc(F)c1. The second-order valence-corrected chi connectivity index (χ2v) is 5.65. The summed E-state index contributed by atoms with van der Waals surface area (Å²) < 4.78 is 26.2. The summed E-state index contributed by atoms with van der Waals surface area (Å²) in [6.45, 7) is 5.71. The highest BCUT2D eigenvalue weighted by molar-refractivity contribution is 5.79. The maximum absolute atomic E-state index is 13.1. The third kappa shape index (κ3) is 5.34. The Bertz CT molecular complexity index is 435. The minimum absolute atomic E-state index is 0.125. The summed E-state index contributed by atoms with van der Waals surface area (Å²) in [7, 11) is 0. The lowest BCUT2D eigenvalue weighted by atomic mass is 9.97. The molecular weight excluding hydrogens is 250 g/mol. The molecule has 0 aromatic heterocycles. The lowest BCUT2D eigenvalue weighted by Crippen LogP contribution is -2.46. The number of amides is 1. The van der Waals surface area contributed by atoms with Crippen LogP contribution < -0.4 is 11.1 Å². The summed E-state index contributed by atoms with van der Waals surface area (Å²) in [5, 5.41) is 2.81. The zero-order chi connectivity index (χ0) is 14.6. The van der Waals surface area contributed by atoms with Crippen LogP contribution in [0, 0.1) is 17.6 Å². The molecule has 0 aliphatic heterocycles. The Hall–Kier alpha value is -1.49. The molecule has 0 heterocycles. The highest BCUT2D eigenvalue weighted by atomic mass is 19.1. The van der Waals surface area contributed by atoms with E-state index in [2.05, 4.69) is 5.32 Å². The fourth-order valence-electron chi connectivity index (χ4n) is 1.77. The molecule has 1 atom stereocenters. The average molecular weight is 270 g/mol. The highest BCUT2D eigenvalue weighted by Gasteiger charge is 2.22. The van der Waals surface area contributed by atoms with Gasteiger partial charge in [-0.25, -0.2) is 8.78 Å². The molecule has 0 saturated heterocycles. The molecule has 1 aromatic rings. The van der Waals surface area contributed by atoms with E-state index in [1.165, 1.54) is 12.1 Å². The fraction of sp³-hybridized carbons (Fsp3) is 0.500. The van der Waals surface area contributed by atoms with Crippen molar-refractivity contribution < 1.29 is 13.6 Å². The third-order valence-electron chi connectivity index (χ3n) is 2.56. The van der Waals surface area contributed by atoms with Gasteiger partial charge in [-0.3, -0.25) is 4.79 Å². The normalized spacial score (nSPS) is 13.2. The lowest BCUT2D eigenvalue weighted by Gasteiger charge is -2.24. The first-order valence-corrected chi connectivity index (χ1v) is 6.18. The molecule has 5 heteroatoms. The van der Waals surface area contributed by atoms with E-state index < -0.39 is 17.6 Å². The molecule has 1 rings (SSSR count). The van der Waals surface area contributed by atoms with Crippen LogP contribution in [0.15, 0.2) is 18.2 Å². The van der Waals surface area contributed by atoms with Gasteiger partial charge in [0, 0.05) is 18.2 Å². The van der Waals surface area contributed by atoms with Crippen molar-refractivity contribution in [1.29, 1.82) is 0 Å². The van der Waals surface area contributed by atoms with Gasteiger partial charge in [-0.15, -0.1) is 0 Å². The van der Waals surface area contributed by atoms with E-state index >= 15 is 0 Å². The Labute approximate surface area is 112 Å². The summed E-state index contributed by atoms with van der Waals surface area (Å²) >= 11 is 0. The quantitative estimate of drug-likeness (QED) is 0.879.